The van der Waals surface area contributed by atoms with Crippen molar-refractivity contribution in [3.05, 3.63) is 51.9 Å². The van der Waals surface area contributed by atoms with Crippen LogP contribution in [0.2, 0.25) is 4.47 Å². The number of nitrogens with one attached hydrogen (secondary N) is 1. The number of aromatic nitrogens is 1. The third-order valence-electron chi connectivity index (χ3n) is 3.14. The molecule has 0 bridgehead atoms. The summed E-state index contributed by atoms with van der Waals surface area (Å²) in [6.07, 6.45) is 1.69. The van der Waals surface area contributed by atoms with Crippen LogP contribution in [-0.4, -0.2) is 18.0 Å². The average molecular weight is 355 g/mol. The van der Waals surface area contributed by atoms with E-state index in [-0.39, 0.29) is 4.90 Å². The van der Waals surface area contributed by atoms with Crippen LogP contribution in [-0.2, 0) is 16.7 Å². The summed E-state index contributed by atoms with van der Waals surface area (Å²) in [5.41, 5.74) is 0.771. The Hall–Kier alpha value is -1.67. The Morgan fingerprint density at radius 3 is 2.55 bits per heavy atom. The van der Waals surface area contributed by atoms with E-state index in [1.165, 1.54) is 17.4 Å². The molecule has 3 rings (SSSR count). The van der Waals surface area contributed by atoms with Gasteiger partial charge in [0.1, 0.15) is 4.90 Å². The Labute approximate surface area is 136 Å². The smallest absolute Gasteiger partial charge is 0.295 e. The van der Waals surface area contributed by atoms with Crippen LogP contribution >= 0.6 is 22.9 Å². The number of halogens is 1. The van der Waals surface area contributed by atoms with E-state index < -0.39 is 10.1 Å². The van der Waals surface area contributed by atoms with E-state index in [1.807, 2.05) is 6.07 Å². The van der Waals surface area contributed by atoms with Gasteiger partial charge in [-0.2, -0.15) is 8.42 Å². The summed E-state index contributed by atoms with van der Waals surface area (Å²) >= 11 is 7.17. The van der Waals surface area contributed by atoms with Crippen molar-refractivity contribution in [3.63, 3.8) is 0 Å². The fraction of sp³-hybridized carbons (Fsp3) is 0.0714. The lowest BCUT2D eigenvalue weighted by molar-refractivity contribution is 0.484. The fourth-order valence-electron chi connectivity index (χ4n) is 2.20. The van der Waals surface area contributed by atoms with Crippen LogP contribution in [0.1, 0.15) is 4.88 Å². The van der Waals surface area contributed by atoms with Gasteiger partial charge >= 0.3 is 0 Å². The molecule has 114 valence electrons. The standard InChI is InChI=1S/C14H11ClN2O3S2/c15-14-17-8-9(21-14)7-16-12-5-6-13(22(18,19)20)11-4-2-1-3-10(11)12/h1-6,8,16H,7H2,(H,18,19,20). The number of rotatable bonds is 4. The van der Waals surface area contributed by atoms with Crippen LogP contribution in [0.5, 0.6) is 0 Å². The van der Waals surface area contributed by atoms with Crippen molar-refractivity contribution in [1.82, 2.24) is 4.98 Å². The third kappa shape index (κ3) is 3.07. The number of benzene rings is 2. The lowest BCUT2D eigenvalue weighted by Crippen LogP contribution is -2.02. The largest absolute Gasteiger partial charge is 0.380 e. The average Bonchev–Trinajstić information content (AvgIpc) is 2.89. The second-order valence-electron chi connectivity index (χ2n) is 4.56. The Balaban J connectivity index is 2.01. The SMILES string of the molecule is O=S(=O)(O)c1ccc(NCc2cnc(Cl)s2)c2ccccc12. The molecule has 0 atom stereocenters. The molecule has 1 heterocycles. The molecule has 8 heteroatoms. The van der Waals surface area contributed by atoms with Crippen molar-refractivity contribution in [2.24, 2.45) is 0 Å². The molecule has 0 saturated carbocycles. The number of hydrogen-bond donors (Lipinski definition) is 2. The maximum Gasteiger partial charge on any atom is 0.295 e. The van der Waals surface area contributed by atoms with Crippen LogP contribution < -0.4 is 5.32 Å². The molecule has 2 aromatic carbocycles. The summed E-state index contributed by atoms with van der Waals surface area (Å²) in [5.74, 6) is 0. The molecule has 0 radical (unpaired) electrons. The number of hydrogen-bond acceptors (Lipinski definition) is 5. The van der Waals surface area contributed by atoms with Crippen molar-refractivity contribution in [2.45, 2.75) is 11.4 Å². The van der Waals surface area contributed by atoms with Crippen LogP contribution in [0.25, 0.3) is 10.8 Å². The van der Waals surface area contributed by atoms with Crippen LogP contribution in [0, 0.1) is 0 Å². The first-order valence-corrected chi connectivity index (χ1v) is 8.92. The van der Waals surface area contributed by atoms with Gasteiger partial charge < -0.3 is 5.32 Å². The summed E-state index contributed by atoms with van der Waals surface area (Å²) in [6.45, 7) is 0.527. The van der Waals surface area contributed by atoms with Gasteiger partial charge in [-0.3, -0.25) is 4.55 Å². The van der Waals surface area contributed by atoms with E-state index in [2.05, 4.69) is 10.3 Å². The summed E-state index contributed by atoms with van der Waals surface area (Å²) < 4.78 is 32.7. The highest BCUT2D eigenvalue weighted by Gasteiger charge is 2.15. The molecule has 0 saturated heterocycles. The lowest BCUT2D eigenvalue weighted by atomic mass is 10.1. The van der Waals surface area contributed by atoms with Gasteiger partial charge in [0, 0.05) is 27.5 Å². The summed E-state index contributed by atoms with van der Waals surface area (Å²) in [4.78, 5) is 4.83. The third-order valence-corrected chi connectivity index (χ3v) is 5.17. The topological polar surface area (TPSA) is 79.3 Å². The molecule has 0 aliphatic heterocycles. The van der Waals surface area contributed by atoms with Crippen molar-refractivity contribution < 1.29 is 13.0 Å². The van der Waals surface area contributed by atoms with Crippen LogP contribution in [0.3, 0.4) is 0 Å². The lowest BCUT2D eigenvalue weighted by Gasteiger charge is -2.11. The molecule has 0 fully saturated rings. The quantitative estimate of drug-likeness (QED) is 0.696. The maximum absolute atomic E-state index is 11.5. The molecule has 0 unspecified atom stereocenters. The number of anilines is 1. The van der Waals surface area contributed by atoms with E-state index in [0.717, 1.165) is 10.6 Å². The Morgan fingerprint density at radius 1 is 1.18 bits per heavy atom. The molecule has 0 aliphatic carbocycles. The number of nitrogens with zero attached hydrogens (tertiary/aromatic N) is 1. The second kappa shape index (κ2) is 5.85. The van der Waals surface area contributed by atoms with Gasteiger partial charge in [-0.05, 0) is 12.1 Å². The molecular formula is C14H11ClN2O3S2. The number of thiazole rings is 1. The van der Waals surface area contributed by atoms with E-state index in [9.17, 15) is 13.0 Å². The van der Waals surface area contributed by atoms with Crippen molar-refractivity contribution in [1.29, 1.82) is 0 Å². The van der Waals surface area contributed by atoms with Crippen molar-refractivity contribution >= 4 is 49.5 Å². The Kier molecular flexibility index (Phi) is 4.05. The van der Waals surface area contributed by atoms with E-state index in [1.54, 1.807) is 30.5 Å². The minimum atomic E-state index is -4.26. The highest BCUT2D eigenvalue weighted by molar-refractivity contribution is 7.86. The number of fused-ring (bicyclic) bond motifs is 1. The minimum absolute atomic E-state index is 0.102. The zero-order chi connectivity index (χ0) is 15.7. The predicted molar refractivity (Wildman–Crippen MR) is 88.2 cm³/mol. The van der Waals surface area contributed by atoms with E-state index in [0.29, 0.717) is 21.8 Å². The Bertz CT molecular complexity index is 938. The van der Waals surface area contributed by atoms with Gasteiger partial charge in [-0.1, -0.05) is 35.9 Å². The van der Waals surface area contributed by atoms with Gasteiger partial charge in [0.25, 0.3) is 10.1 Å². The van der Waals surface area contributed by atoms with Crippen molar-refractivity contribution in [2.75, 3.05) is 5.32 Å². The molecule has 3 aromatic rings. The maximum atomic E-state index is 11.5. The Morgan fingerprint density at radius 2 is 1.91 bits per heavy atom. The van der Waals surface area contributed by atoms with E-state index >= 15 is 0 Å². The minimum Gasteiger partial charge on any atom is -0.380 e. The zero-order valence-electron chi connectivity index (χ0n) is 11.2. The predicted octanol–water partition coefficient (Wildman–Crippen LogP) is 3.81. The molecule has 0 spiro atoms. The van der Waals surface area contributed by atoms with Gasteiger partial charge in [0.05, 0.1) is 6.54 Å². The first-order chi connectivity index (χ1) is 10.4. The second-order valence-corrected chi connectivity index (χ2v) is 7.65. The molecule has 2 N–H and O–H groups in total. The summed E-state index contributed by atoms with van der Waals surface area (Å²) in [6, 6.07) is 10.0. The molecule has 0 aliphatic rings. The summed E-state index contributed by atoms with van der Waals surface area (Å²) in [5, 5.41) is 4.42. The normalized spacial score (nSPS) is 11.7. The van der Waals surface area contributed by atoms with Gasteiger partial charge in [0.15, 0.2) is 4.47 Å². The molecule has 5 nitrogen and oxygen atoms in total. The first-order valence-electron chi connectivity index (χ1n) is 6.28. The zero-order valence-corrected chi connectivity index (χ0v) is 13.5. The van der Waals surface area contributed by atoms with Crippen molar-refractivity contribution in [3.8, 4) is 0 Å². The van der Waals surface area contributed by atoms with E-state index in [4.69, 9.17) is 11.6 Å². The van der Waals surface area contributed by atoms with Crippen LogP contribution in [0.4, 0.5) is 5.69 Å². The monoisotopic (exact) mass is 354 g/mol. The highest BCUT2D eigenvalue weighted by Crippen LogP contribution is 2.30. The summed E-state index contributed by atoms with van der Waals surface area (Å²) in [7, 11) is -4.26. The molecule has 1 aromatic heterocycles. The van der Waals surface area contributed by atoms with Gasteiger partial charge in [-0.25, -0.2) is 4.98 Å². The first kappa shape index (κ1) is 15.2. The highest BCUT2D eigenvalue weighted by atomic mass is 35.5. The van der Waals surface area contributed by atoms with Gasteiger partial charge in [0.2, 0.25) is 0 Å². The fourth-order valence-corrected chi connectivity index (χ4v) is 3.81. The molecule has 0 amide bonds. The van der Waals surface area contributed by atoms with Crippen LogP contribution in [0.15, 0.2) is 47.5 Å². The van der Waals surface area contributed by atoms with Gasteiger partial charge in [-0.15, -0.1) is 11.3 Å². The molecule has 22 heavy (non-hydrogen) atoms. The molecular weight excluding hydrogens is 344 g/mol.